The molecule has 2 aromatic carbocycles. The molecule has 3 rings (SSSR count). The Morgan fingerprint density at radius 3 is 2.54 bits per heavy atom. The SMILES string of the molecule is N#Cc1ccc(NC(=O)[C@H](O)[C@H]2OCCN(c3ccc(CO)cc3)C2=O)cc1. The van der Waals surface area contributed by atoms with E-state index in [1.54, 1.807) is 24.3 Å². The van der Waals surface area contributed by atoms with E-state index in [0.717, 1.165) is 0 Å². The Morgan fingerprint density at radius 1 is 1.25 bits per heavy atom. The number of nitrogens with zero attached hydrogens (tertiary/aromatic N) is 2. The Balaban J connectivity index is 1.69. The van der Waals surface area contributed by atoms with Crippen molar-refractivity contribution in [2.24, 2.45) is 0 Å². The van der Waals surface area contributed by atoms with E-state index >= 15 is 0 Å². The van der Waals surface area contributed by atoms with Crippen LogP contribution in [0.1, 0.15) is 11.1 Å². The van der Waals surface area contributed by atoms with Gasteiger partial charge in [-0.1, -0.05) is 12.1 Å². The number of anilines is 2. The summed E-state index contributed by atoms with van der Waals surface area (Å²) in [6, 6.07) is 14.9. The summed E-state index contributed by atoms with van der Waals surface area (Å²) in [6.45, 7) is 0.353. The van der Waals surface area contributed by atoms with E-state index < -0.39 is 24.0 Å². The summed E-state index contributed by atoms with van der Waals surface area (Å²) in [4.78, 5) is 26.5. The lowest BCUT2D eigenvalue weighted by atomic mass is 10.1. The highest BCUT2D eigenvalue weighted by Crippen LogP contribution is 2.21. The van der Waals surface area contributed by atoms with Crippen LogP contribution in [-0.4, -0.2) is 47.4 Å². The first-order chi connectivity index (χ1) is 13.5. The van der Waals surface area contributed by atoms with Crippen molar-refractivity contribution in [3.8, 4) is 6.07 Å². The largest absolute Gasteiger partial charge is 0.392 e. The molecule has 8 nitrogen and oxygen atoms in total. The predicted molar refractivity (Wildman–Crippen MR) is 100 cm³/mol. The topological polar surface area (TPSA) is 123 Å². The Bertz CT molecular complexity index is 890. The van der Waals surface area contributed by atoms with Gasteiger partial charge in [0, 0.05) is 17.9 Å². The van der Waals surface area contributed by atoms with Crippen molar-refractivity contribution in [1.82, 2.24) is 0 Å². The molecule has 2 atom stereocenters. The standard InChI is InChI=1S/C20H19N3O5/c21-11-13-1-5-15(6-2-13)22-19(26)17(25)18-20(27)23(9-10-28-18)16-7-3-14(12-24)4-8-16/h1-8,17-18,24-25H,9-10,12H2,(H,22,26)/t17-,18-/m1/s1. The molecule has 8 heteroatoms. The van der Waals surface area contributed by atoms with Gasteiger partial charge in [0.2, 0.25) is 0 Å². The van der Waals surface area contributed by atoms with Crippen molar-refractivity contribution in [2.45, 2.75) is 18.8 Å². The zero-order valence-corrected chi connectivity index (χ0v) is 14.9. The van der Waals surface area contributed by atoms with Crippen LogP contribution in [0.4, 0.5) is 11.4 Å². The van der Waals surface area contributed by atoms with Gasteiger partial charge in [-0.15, -0.1) is 0 Å². The Kier molecular flexibility index (Phi) is 6.01. The van der Waals surface area contributed by atoms with Gasteiger partial charge in [0.05, 0.1) is 24.8 Å². The number of rotatable bonds is 5. The van der Waals surface area contributed by atoms with Crippen LogP contribution in [-0.2, 0) is 20.9 Å². The zero-order chi connectivity index (χ0) is 20.1. The van der Waals surface area contributed by atoms with Crippen LogP contribution in [0, 0.1) is 11.3 Å². The minimum Gasteiger partial charge on any atom is -0.392 e. The van der Waals surface area contributed by atoms with Crippen LogP contribution in [0.3, 0.4) is 0 Å². The highest BCUT2D eigenvalue weighted by Gasteiger charge is 2.39. The predicted octanol–water partition coefficient (Wildman–Crippen LogP) is 0.782. The van der Waals surface area contributed by atoms with Gasteiger partial charge in [-0.05, 0) is 42.0 Å². The van der Waals surface area contributed by atoms with Crippen molar-refractivity contribution in [3.63, 3.8) is 0 Å². The first-order valence-corrected chi connectivity index (χ1v) is 8.65. The monoisotopic (exact) mass is 381 g/mol. The Hall–Kier alpha value is -3.25. The summed E-state index contributed by atoms with van der Waals surface area (Å²) >= 11 is 0. The molecule has 1 heterocycles. The van der Waals surface area contributed by atoms with Crippen molar-refractivity contribution >= 4 is 23.2 Å². The molecule has 144 valence electrons. The van der Waals surface area contributed by atoms with Crippen molar-refractivity contribution in [3.05, 3.63) is 59.7 Å². The van der Waals surface area contributed by atoms with E-state index in [4.69, 9.17) is 15.1 Å². The number of carbonyl (C=O) groups is 2. The number of benzene rings is 2. The first-order valence-electron chi connectivity index (χ1n) is 8.65. The van der Waals surface area contributed by atoms with E-state index in [1.165, 1.54) is 29.2 Å². The smallest absolute Gasteiger partial charge is 0.259 e. The van der Waals surface area contributed by atoms with E-state index in [0.29, 0.717) is 22.5 Å². The van der Waals surface area contributed by atoms with E-state index in [-0.39, 0.29) is 19.8 Å². The number of nitrogens with one attached hydrogen (secondary N) is 1. The fourth-order valence-corrected chi connectivity index (χ4v) is 2.85. The molecule has 0 radical (unpaired) electrons. The maximum Gasteiger partial charge on any atom is 0.259 e. The molecule has 1 aliphatic rings. The van der Waals surface area contributed by atoms with Gasteiger partial charge in [-0.2, -0.15) is 5.26 Å². The molecule has 0 unspecified atom stereocenters. The average molecular weight is 381 g/mol. The van der Waals surface area contributed by atoms with Crippen LogP contribution < -0.4 is 10.2 Å². The van der Waals surface area contributed by atoms with Gasteiger partial charge in [0.1, 0.15) is 0 Å². The van der Waals surface area contributed by atoms with E-state index in [9.17, 15) is 14.7 Å². The second-order valence-corrected chi connectivity index (χ2v) is 6.23. The Labute approximate surface area is 161 Å². The average Bonchev–Trinajstić information content (AvgIpc) is 2.74. The zero-order valence-electron chi connectivity index (χ0n) is 14.9. The fourth-order valence-electron chi connectivity index (χ4n) is 2.85. The lowest BCUT2D eigenvalue weighted by molar-refractivity contribution is -0.150. The van der Waals surface area contributed by atoms with Crippen molar-refractivity contribution < 1.29 is 24.5 Å². The second kappa shape index (κ2) is 8.63. The van der Waals surface area contributed by atoms with Gasteiger partial charge in [0.25, 0.3) is 11.8 Å². The van der Waals surface area contributed by atoms with Crippen molar-refractivity contribution in [2.75, 3.05) is 23.4 Å². The van der Waals surface area contributed by atoms with Gasteiger partial charge in [-0.3, -0.25) is 9.59 Å². The minimum absolute atomic E-state index is 0.103. The number of aliphatic hydroxyl groups excluding tert-OH is 2. The normalized spacial score (nSPS) is 17.7. The summed E-state index contributed by atoms with van der Waals surface area (Å²) in [6.07, 6.45) is -3.02. The summed E-state index contributed by atoms with van der Waals surface area (Å²) in [5.74, 6) is -1.30. The summed E-state index contributed by atoms with van der Waals surface area (Å²) in [5.41, 5.74) is 2.13. The van der Waals surface area contributed by atoms with E-state index in [2.05, 4.69) is 5.32 Å². The Morgan fingerprint density at radius 2 is 1.93 bits per heavy atom. The number of aliphatic hydroxyl groups is 2. The quantitative estimate of drug-likeness (QED) is 0.703. The van der Waals surface area contributed by atoms with Crippen LogP contribution in [0.5, 0.6) is 0 Å². The first kappa shape index (κ1) is 19.5. The van der Waals surface area contributed by atoms with Gasteiger partial charge < -0.3 is 25.2 Å². The molecule has 0 aromatic heterocycles. The second-order valence-electron chi connectivity index (χ2n) is 6.23. The van der Waals surface area contributed by atoms with Gasteiger partial charge >= 0.3 is 0 Å². The molecule has 0 aliphatic carbocycles. The lowest BCUT2D eigenvalue weighted by Crippen LogP contribution is -2.55. The number of morpholine rings is 1. The molecule has 1 aliphatic heterocycles. The highest BCUT2D eigenvalue weighted by molar-refractivity contribution is 6.03. The molecule has 0 bridgehead atoms. The third kappa shape index (κ3) is 4.18. The number of hydrogen-bond acceptors (Lipinski definition) is 6. The molecule has 1 fully saturated rings. The molecule has 2 amide bonds. The molecular formula is C20H19N3O5. The number of carbonyl (C=O) groups excluding carboxylic acids is 2. The van der Waals surface area contributed by atoms with E-state index in [1.807, 2.05) is 6.07 Å². The van der Waals surface area contributed by atoms with Gasteiger partial charge in [-0.25, -0.2) is 0 Å². The molecule has 28 heavy (non-hydrogen) atoms. The maximum absolute atomic E-state index is 12.7. The van der Waals surface area contributed by atoms with Crippen LogP contribution in [0.15, 0.2) is 48.5 Å². The summed E-state index contributed by atoms with van der Waals surface area (Å²) in [5, 5.41) is 30.8. The molecule has 0 spiro atoms. The number of nitriles is 1. The lowest BCUT2D eigenvalue weighted by Gasteiger charge is -2.34. The number of amides is 2. The van der Waals surface area contributed by atoms with Crippen LogP contribution in [0.25, 0.3) is 0 Å². The molecule has 1 saturated heterocycles. The molecule has 2 aromatic rings. The summed E-state index contributed by atoms with van der Waals surface area (Å²) < 4.78 is 5.36. The third-order valence-electron chi connectivity index (χ3n) is 4.39. The fraction of sp³-hybridized carbons (Fsp3) is 0.250. The maximum atomic E-state index is 12.7. The molecular weight excluding hydrogens is 362 g/mol. The number of ether oxygens (including phenoxy) is 1. The molecule has 0 saturated carbocycles. The third-order valence-corrected chi connectivity index (χ3v) is 4.39. The molecule has 3 N–H and O–H groups in total. The minimum atomic E-state index is -1.69. The number of hydrogen-bond donors (Lipinski definition) is 3. The van der Waals surface area contributed by atoms with Gasteiger partial charge in [0.15, 0.2) is 12.2 Å². The van der Waals surface area contributed by atoms with Crippen LogP contribution in [0.2, 0.25) is 0 Å². The highest BCUT2D eigenvalue weighted by atomic mass is 16.5. The summed E-state index contributed by atoms with van der Waals surface area (Å²) in [7, 11) is 0. The van der Waals surface area contributed by atoms with Crippen LogP contribution >= 0.6 is 0 Å². The van der Waals surface area contributed by atoms with Crippen molar-refractivity contribution in [1.29, 1.82) is 5.26 Å².